The Morgan fingerprint density at radius 2 is 1.93 bits per heavy atom. The first-order valence-corrected chi connectivity index (χ1v) is 10.1. The summed E-state index contributed by atoms with van der Waals surface area (Å²) < 4.78 is 55.7. The van der Waals surface area contributed by atoms with Crippen LogP contribution in [0.3, 0.4) is 0 Å². The molecule has 4 aromatic rings. The van der Waals surface area contributed by atoms with E-state index in [1.807, 2.05) is 0 Å². The molecule has 0 fully saturated rings. The molecule has 2 heterocycles. The molecular weight excluding hydrogens is 404 g/mol. The minimum Gasteiger partial charge on any atom is -0.421 e. The van der Waals surface area contributed by atoms with Crippen LogP contribution in [0.1, 0.15) is 0 Å². The Balaban J connectivity index is 1.74. The van der Waals surface area contributed by atoms with Crippen LogP contribution in [0, 0.1) is 11.6 Å². The lowest BCUT2D eigenvalue weighted by Gasteiger charge is -2.07. The molecule has 8 nitrogen and oxygen atoms in total. The molecule has 11 heteroatoms. The Labute approximate surface area is 163 Å². The number of aromatic nitrogens is 4. The zero-order valence-corrected chi connectivity index (χ0v) is 15.7. The summed E-state index contributed by atoms with van der Waals surface area (Å²) in [6.45, 7) is 0. The summed E-state index contributed by atoms with van der Waals surface area (Å²) in [6.07, 6.45) is 2.47. The highest BCUT2D eigenvalue weighted by Gasteiger charge is 2.17. The molecule has 0 unspecified atom stereocenters. The molecule has 0 saturated heterocycles. The number of halogens is 2. The van der Waals surface area contributed by atoms with Crippen molar-refractivity contribution in [1.29, 1.82) is 0 Å². The number of fused-ring (bicyclic) bond motifs is 1. The predicted octanol–water partition coefficient (Wildman–Crippen LogP) is 3.08. The van der Waals surface area contributed by atoms with E-state index in [0.717, 1.165) is 18.4 Å². The summed E-state index contributed by atoms with van der Waals surface area (Å²) in [5.74, 6) is -1.88. The smallest absolute Gasteiger partial charge is 0.324 e. The number of nitrogens with zero attached hydrogens (tertiary/aromatic N) is 3. The van der Waals surface area contributed by atoms with Crippen molar-refractivity contribution in [1.82, 2.24) is 20.2 Å². The van der Waals surface area contributed by atoms with E-state index in [9.17, 15) is 17.2 Å². The highest BCUT2D eigenvalue weighted by Crippen LogP contribution is 2.32. The SMILES string of the molecule is CS(=O)(=O)c1ccc(N)c(-c2n[nH]c3nc(Oc4ccc(F)cc4F)ncc23)c1. The quantitative estimate of drug-likeness (QED) is 0.489. The van der Waals surface area contributed by atoms with Crippen LogP contribution in [0.25, 0.3) is 22.3 Å². The molecule has 29 heavy (non-hydrogen) atoms. The van der Waals surface area contributed by atoms with Crippen LogP contribution < -0.4 is 10.5 Å². The third-order valence-corrected chi connectivity index (χ3v) is 5.21. The molecule has 3 N–H and O–H groups in total. The van der Waals surface area contributed by atoms with E-state index in [2.05, 4.69) is 20.2 Å². The minimum absolute atomic E-state index is 0.0884. The van der Waals surface area contributed by atoms with Gasteiger partial charge in [-0.25, -0.2) is 22.2 Å². The molecule has 0 saturated carbocycles. The topological polar surface area (TPSA) is 124 Å². The van der Waals surface area contributed by atoms with Crippen LogP contribution in [0.2, 0.25) is 0 Å². The molecule has 4 rings (SSSR count). The predicted molar refractivity (Wildman–Crippen MR) is 101 cm³/mol. The van der Waals surface area contributed by atoms with Crippen molar-refractivity contribution in [3.05, 3.63) is 54.2 Å². The molecule has 0 radical (unpaired) electrons. The largest absolute Gasteiger partial charge is 0.421 e. The van der Waals surface area contributed by atoms with Gasteiger partial charge < -0.3 is 10.5 Å². The van der Waals surface area contributed by atoms with Crippen LogP contribution in [-0.4, -0.2) is 34.8 Å². The highest BCUT2D eigenvalue weighted by atomic mass is 32.2. The number of hydrogen-bond acceptors (Lipinski definition) is 7. The maximum Gasteiger partial charge on any atom is 0.324 e. The molecule has 0 amide bonds. The van der Waals surface area contributed by atoms with Gasteiger partial charge in [-0.15, -0.1) is 0 Å². The Morgan fingerprint density at radius 3 is 2.66 bits per heavy atom. The van der Waals surface area contributed by atoms with Crippen LogP contribution >= 0.6 is 0 Å². The fourth-order valence-corrected chi connectivity index (χ4v) is 3.32. The van der Waals surface area contributed by atoms with Crippen molar-refractivity contribution in [2.24, 2.45) is 0 Å². The number of anilines is 1. The zero-order valence-electron chi connectivity index (χ0n) is 14.8. The molecule has 0 atom stereocenters. The summed E-state index contributed by atoms with van der Waals surface area (Å²) in [6, 6.07) is 6.95. The lowest BCUT2D eigenvalue weighted by atomic mass is 10.1. The molecule has 0 bridgehead atoms. The van der Waals surface area contributed by atoms with E-state index >= 15 is 0 Å². The average molecular weight is 417 g/mol. The second-order valence-electron chi connectivity index (χ2n) is 6.19. The number of nitrogens with two attached hydrogens (primary N) is 1. The first-order chi connectivity index (χ1) is 13.7. The first-order valence-electron chi connectivity index (χ1n) is 8.16. The molecule has 148 valence electrons. The van der Waals surface area contributed by atoms with E-state index in [4.69, 9.17) is 10.5 Å². The van der Waals surface area contributed by atoms with Gasteiger partial charge in [-0.2, -0.15) is 10.1 Å². The van der Waals surface area contributed by atoms with Crippen LogP contribution in [0.15, 0.2) is 47.5 Å². The van der Waals surface area contributed by atoms with Gasteiger partial charge in [0, 0.05) is 29.8 Å². The Morgan fingerprint density at radius 1 is 1.14 bits per heavy atom. The fraction of sp³-hybridized carbons (Fsp3) is 0.0556. The lowest BCUT2D eigenvalue weighted by molar-refractivity contribution is 0.409. The summed E-state index contributed by atoms with van der Waals surface area (Å²) >= 11 is 0. The standard InChI is InChI=1S/C18H13F2N5O3S/c1-29(26,27)10-3-4-14(21)11(7-10)16-12-8-22-18(23-17(12)25-24-16)28-15-5-2-9(19)6-13(15)20/h2-8H,21H2,1H3,(H,22,23,24,25). The second-order valence-corrected chi connectivity index (χ2v) is 8.20. The van der Waals surface area contributed by atoms with Crippen molar-refractivity contribution in [2.75, 3.05) is 12.0 Å². The van der Waals surface area contributed by atoms with Gasteiger partial charge >= 0.3 is 6.01 Å². The molecule has 0 aliphatic heterocycles. The Kier molecular flexibility index (Phi) is 4.38. The van der Waals surface area contributed by atoms with Crippen LogP contribution in [0.4, 0.5) is 14.5 Å². The molecule has 0 spiro atoms. The number of nitrogen functional groups attached to an aromatic ring is 1. The Hall–Kier alpha value is -3.60. The van der Waals surface area contributed by atoms with Crippen LogP contribution in [-0.2, 0) is 9.84 Å². The van der Waals surface area contributed by atoms with Crippen molar-refractivity contribution < 1.29 is 21.9 Å². The minimum atomic E-state index is -3.44. The maximum absolute atomic E-state index is 13.8. The lowest BCUT2D eigenvalue weighted by Crippen LogP contribution is -1.99. The highest BCUT2D eigenvalue weighted by molar-refractivity contribution is 7.90. The molecule has 2 aromatic heterocycles. The summed E-state index contributed by atoms with van der Waals surface area (Å²) in [5, 5.41) is 7.28. The van der Waals surface area contributed by atoms with E-state index in [1.54, 1.807) is 0 Å². The van der Waals surface area contributed by atoms with Crippen molar-refractivity contribution in [3.8, 4) is 23.0 Å². The Bertz CT molecular complexity index is 1360. The number of hydrogen-bond donors (Lipinski definition) is 2. The van der Waals surface area contributed by atoms with E-state index < -0.39 is 21.5 Å². The zero-order chi connectivity index (χ0) is 20.8. The molecule has 0 aliphatic rings. The van der Waals surface area contributed by atoms with Gasteiger partial charge in [-0.1, -0.05) is 0 Å². The number of benzene rings is 2. The van der Waals surface area contributed by atoms with Crippen molar-refractivity contribution in [3.63, 3.8) is 0 Å². The monoisotopic (exact) mass is 417 g/mol. The third kappa shape index (κ3) is 3.59. The number of H-pyrrole nitrogens is 1. The third-order valence-electron chi connectivity index (χ3n) is 4.10. The number of ether oxygens (including phenoxy) is 1. The van der Waals surface area contributed by atoms with Crippen molar-refractivity contribution in [2.45, 2.75) is 4.90 Å². The van der Waals surface area contributed by atoms with Crippen LogP contribution in [0.5, 0.6) is 11.8 Å². The van der Waals surface area contributed by atoms with Gasteiger partial charge in [-0.3, -0.25) is 5.10 Å². The van der Waals surface area contributed by atoms with E-state index in [0.29, 0.717) is 28.4 Å². The maximum atomic E-state index is 13.8. The number of aromatic amines is 1. The van der Waals surface area contributed by atoms with Gasteiger partial charge in [0.15, 0.2) is 27.1 Å². The van der Waals surface area contributed by atoms with E-state index in [1.165, 1.54) is 24.4 Å². The van der Waals surface area contributed by atoms with Gasteiger partial charge in [0.1, 0.15) is 11.5 Å². The van der Waals surface area contributed by atoms with Crippen molar-refractivity contribution >= 4 is 26.6 Å². The van der Waals surface area contributed by atoms with Gasteiger partial charge in [-0.05, 0) is 30.3 Å². The molecule has 2 aromatic carbocycles. The second kappa shape index (κ2) is 6.78. The summed E-state index contributed by atoms with van der Waals surface area (Å²) in [4.78, 5) is 8.21. The molecular formula is C18H13F2N5O3S. The summed E-state index contributed by atoms with van der Waals surface area (Å²) in [5.41, 5.74) is 7.31. The number of nitrogens with one attached hydrogen (secondary N) is 1. The molecule has 0 aliphatic carbocycles. The van der Waals surface area contributed by atoms with E-state index in [-0.39, 0.29) is 22.3 Å². The van der Waals surface area contributed by atoms with Gasteiger partial charge in [0.25, 0.3) is 0 Å². The average Bonchev–Trinajstić information content (AvgIpc) is 3.06. The van der Waals surface area contributed by atoms with Gasteiger partial charge in [0.2, 0.25) is 0 Å². The summed E-state index contributed by atoms with van der Waals surface area (Å²) in [7, 11) is -3.44. The first kappa shape index (κ1) is 18.7. The number of rotatable bonds is 4. The normalized spacial score (nSPS) is 11.7. The fourth-order valence-electron chi connectivity index (χ4n) is 2.68. The number of sulfone groups is 1. The van der Waals surface area contributed by atoms with Gasteiger partial charge in [0.05, 0.1) is 10.3 Å².